The zero-order chi connectivity index (χ0) is 12.8. The molecule has 98 valence electrons. The van der Waals surface area contributed by atoms with E-state index in [0.717, 1.165) is 0 Å². The second-order valence-electron chi connectivity index (χ2n) is 5.02. The Bertz CT molecular complexity index is 322. The Labute approximate surface area is 100 Å². The Hall–Kier alpha value is -0.473. The molecule has 2 bridgehead atoms. The molecule has 0 aromatic carbocycles. The summed E-state index contributed by atoms with van der Waals surface area (Å²) in [6, 6.07) is 0.568. The van der Waals surface area contributed by atoms with E-state index in [1.165, 1.54) is 0 Å². The maximum Gasteiger partial charge on any atom is 0.342 e. The van der Waals surface area contributed by atoms with Crippen LogP contribution >= 0.6 is 0 Å². The van der Waals surface area contributed by atoms with E-state index >= 15 is 0 Å². The van der Waals surface area contributed by atoms with E-state index in [9.17, 15) is 15.0 Å². The van der Waals surface area contributed by atoms with Crippen molar-refractivity contribution in [2.24, 2.45) is 0 Å². The Balaban J connectivity index is 2.30. The maximum atomic E-state index is 11.1. The smallest absolute Gasteiger partial charge is 0.342 e. The normalized spacial score (nSPS) is 45.9. The topological polar surface area (TPSA) is 96.2 Å². The van der Waals surface area contributed by atoms with Gasteiger partial charge >= 0.3 is 14.5 Å². The zero-order valence-corrected chi connectivity index (χ0v) is 10.9. The fourth-order valence-corrected chi connectivity index (χ4v) is 6.02. The van der Waals surface area contributed by atoms with E-state index in [1.807, 2.05) is 13.8 Å². The number of aliphatic hydroxyl groups is 2. The summed E-state index contributed by atoms with van der Waals surface area (Å²) >= 11 is 0. The molecule has 0 radical (unpaired) electrons. The average Bonchev–Trinajstić information content (AvgIpc) is 2.26. The quantitative estimate of drug-likeness (QED) is 0.598. The van der Waals surface area contributed by atoms with Gasteiger partial charge in [-0.3, -0.25) is 0 Å². The van der Waals surface area contributed by atoms with Gasteiger partial charge in [-0.05, 0) is 18.0 Å². The number of aliphatic hydroxyl groups excluding tert-OH is 2. The summed E-state index contributed by atoms with van der Waals surface area (Å²) < 4.78 is 11.3. The highest BCUT2D eigenvalue weighted by Gasteiger charge is 2.58. The molecule has 0 aliphatic carbocycles. The van der Waals surface area contributed by atoms with Crippen molar-refractivity contribution in [3.8, 4) is 0 Å². The lowest BCUT2D eigenvalue weighted by molar-refractivity contribution is -0.182. The van der Waals surface area contributed by atoms with Crippen molar-refractivity contribution >= 4 is 14.5 Å². The number of carboxylic acid groups (broad SMARTS) is 1. The van der Waals surface area contributed by atoms with Gasteiger partial charge < -0.3 is 24.2 Å². The summed E-state index contributed by atoms with van der Waals surface area (Å²) in [6.07, 6.45) is -3.72. The first-order valence-corrected chi connectivity index (χ1v) is 7.92. The second kappa shape index (κ2) is 4.32. The van der Waals surface area contributed by atoms with Gasteiger partial charge in [-0.15, -0.1) is 0 Å². The van der Waals surface area contributed by atoms with Gasteiger partial charge in [-0.2, -0.15) is 0 Å². The van der Waals surface area contributed by atoms with E-state index in [2.05, 4.69) is 0 Å². The molecule has 5 atom stereocenters. The van der Waals surface area contributed by atoms with Crippen LogP contribution in [0.5, 0.6) is 0 Å². The van der Waals surface area contributed by atoms with Gasteiger partial charge in [0.25, 0.3) is 0 Å². The van der Waals surface area contributed by atoms with Crippen LogP contribution in [0, 0.1) is 0 Å². The van der Waals surface area contributed by atoms with Crippen molar-refractivity contribution in [1.29, 1.82) is 0 Å². The number of aliphatic carboxylic acids is 1. The molecule has 0 aromatic rings. The largest absolute Gasteiger partial charge is 0.479 e. The lowest BCUT2D eigenvalue weighted by Crippen LogP contribution is -2.68. The molecule has 3 N–H and O–H groups in total. The van der Waals surface area contributed by atoms with Crippen LogP contribution < -0.4 is 0 Å². The van der Waals surface area contributed by atoms with Gasteiger partial charge in [0.15, 0.2) is 6.10 Å². The third-order valence-electron chi connectivity index (χ3n) is 3.60. The Morgan fingerprint density at radius 1 is 1.35 bits per heavy atom. The number of rotatable bonds is 2. The highest BCUT2D eigenvalue weighted by atomic mass is 28.4. The summed E-state index contributed by atoms with van der Waals surface area (Å²) in [5.41, 5.74) is 0.0897. The van der Waals surface area contributed by atoms with Crippen LogP contribution in [0.3, 0.4) is 0 Å². The third-order valence-corrected chi connectivity index (χ3v) is 7.67. The Kier molecular flexibility index (Phi) is 3.30. The molecule has 2 heterocycles. The first kappa shape index (κ1) is 13.0. The predicted molar refractivity (Wildman–Crippen MR) is 59.7 cm³/mol. The average molecular weight is 262 g/mol. The molecule has 7 heteroatoms. The molecule has 2 saturated heterocycles. The molecule has 2 aliphatic rings. The molecule has 0 spiro atoms. The second-order valence-corrected chi connectivity index (χ2v) is 8.77. The SMILES string of the molecule is CC(C)[Si]12CCC(O)C(O1)C(O)C(C(=O)O)O2. The highest BCUT2D eigenvalue weighted by molar-refractivity contribution is 6.69. The summed E-state index contributed by atoms with van der Waals surface area (Å²) in [5, 5.41) is 28.7. The molecule has 2 fully saturated rings. The van der Waals surface area contributed by atoms with Crippen molar-refractivity contribution in [1.82, 2.24) is 0 Å². The summed E-state index contributed by atoms with van der Waals surface area (Å²) in [5.74, 6) is -1.20. The van der Waals surface area contributed by atoms with E-state index in [0.29, 0.717) is 12.5 Å². The molecular formula is C10H18O6Si. The molecular weight excluding hydrogens is 244 g/mol. The number of carbonyl (C=O) groups is 1. The minimum absolute atomic E-state index is 0.0897. The molecule has 5 unspecified atom stereocenters. The number of hydrogen-bond donors (Lipinski definition) is 3. The Morgan fingerprint density at radius 3 is 2.53 bits per heavy atom. The van der Waals surface area contributed by atoms with Gasteiger partial charge in [0, 0.05) is 0 Å². The van der Waals surface area contributed by atoms with Gasteiger partial charge in [-0.25, -0.2) is 4.79 Å². The van der Waals surface area contributed by atoms with E-state index < -0.39 is 38.9 Å². The fourth-order valence-electron chi connectivity index (χ4n) is 2.48. The molecule has 0 amide bonds. The van der Waals surface area contributed by atoms with Crippen molar-refractivity contribution in [3.63, 3.8) is 0 Å². The minimum Gasteiger partial charge on any atom is -0.479 e. The molecule has 6 nitrogen and oxygen atoms in total. The van der Waals surface area contributed by atoms with Crippen LogP contribution in [0.25, 0.3) is 0 Å². The van der Waals surface area contributed by atoms with E-state index in [-0.39, 0.29) is 5.54 Å². The van der Waals surface area contributed by atoms with E-state index in [4.69, 9.17) is 14.0 Å². The standard InChI is InChI=1S/C10H18O6Si/c1-5(2)17-4-3-6(11)8(15-17)7(12)9(16-17)10(13)14/h5-9,11-12H,3-4H2,1-2H3,(H,13,14). The van der Waals surface area contributed by atoms with Crippen molar-refractivity contribution in [3.05, 3.63) is 0 Å². The third kappa shape index (κ3) is 2.02. The van der Waals surface area contributed by atoms with Crippen molar-refractivity contribution < 1.29 is 29.0 Å². The van der Waals surface area contributed by atoms with Gasteiger partial charge in [-0.1, -0.05) is 13.8 Å². The predicted octanol–water partition coefficient (Wildman–Crippen LogP) is -0.167. The Morgan fingerprint density at radius 2 is 2.00 bits per heavy atom. The van der Waals surface area contributed by atoms with Crippen molar-refractivity contribution in [2.45, 2.75) is 56.3 Å². The maximum absolute atomic E-state index is 11.1. The number of fused-ring (bicyclic) bond motifs is 2. The van der Waals surface area contributed by atoms with Crippen molar-refractivity contribution in [2.75, 3.05) is 0 Å². The van der Waals surface area contributed by atoms with Crippen LogP contribution in [0.4, 0.5) is 0 Å². The van der Waals surface area contributed by atoms with Crippen LogP contribution in [-0.2, 0) is 13.6 Å². The lowest BCUT2D eigenvalue weighted by atomic mass is 10.0. The van der Waals surface area contributed by atoms with Crippen LogP contribution in [0.1, 0.15) is 20.3 Å². The number of carboxylic acids is 1. The zero-order valence-electron chi connectivity index (χ0n) is 9.87. The molecule has 2 rings (SSSR count). The minimum atomic E-state index is -2.62. The lowest BCUT2D eigenvalue weighted by Gasteiger charge is -2.51. The highest BCUT2D eigenvalue weighted by Crippen LogP contribution is 2.42. The van der Waals surface area contributed by atoms with Gasteiger partial charge in [0.2, 0.25) is 0 Å². The van der Waals surface area contributed by atoms with Crippen LogP contribution in [0.2, 0.25) is 11.6 Å². The summed E-state index contributed by atoms with van der Waals surface area (Å²) in [6.45, 7) is 3.86. The molecule has 0 aromatic heterocycles. The first-order valence-electron chi connectivity index (χ1n) is 5.82. The summed E-state index contributed by atoms with van der Waals surface area (Å²) in [4.78, 5) is 11.1. The van der Waals surface area contributed by atoms with Crippen LogP contribution in [0.15, 0.2) is 0 Å². The van der Waals surface area contributed by atoms with Crippen LogP contribution in [-0.4, -0.2) is 54.3 Å². The molecule has 17 heavy (non-hydrogen) atoms. The first-order chi connectivity index (χ1) is 7.87. The van der Waals surface area contributed by atoms with E-state index in [1.54, 1.807) is 0 Å². The van der Waals surface area contributed by atoms with Gasteiger partial charge in [0.1, 0.15) is 12.2 Å². The summed E-state index contributed by atoms with van der Waals surface area (Å²) in [7, 11) is -2.62. The van der Waals surface area contributed by atoms with Gasteiger partial charge in [0.05, 0.1) is 6.10 Å². The molecule has 0 saturated carbocycles. The number of hydrogen-bond acceptors (Lipinski definition) is 5. The monoisotopic (exact) mass is 262 g/mol. The molecule has 2 aliphatic heterocycles. The fraction of sp³-hybridized carbons (Fsp3) is 0.900.